The number of hydrogen-bond donors (Lipinski definition) is 2. The number of thiophene rings is 1. The van der Waals surface area contributed by atoms with E-state index in [2.05, 4.69) is 9.71 Å². The Morgan fingerprint density at radius 2 is 2.25 bits per heavy atom. The summed E-state index contributed by atoms with van der Waals surface area (Å²) in [7, 11) is -3.60. The standard InChI is InChI=1S/C12H15N3O3S2/c1-2-18-11-4-3-10(7-14-11)15-20(16,17)12-5-9(6-13)8-19-12/h3-5,7-8,15H,2,6,13H2,1H3. The molecule has 0 radical (unpaired) electrons. The van der Waals surface area contributed by atoms with Gasteiger partial charge in [-0.2, -0.15) is 0 Å². The van der Waals surface area contributed by atoms with Crippen LogP contribution in [0.15, 0.2) is 34.0 Å². The topological polar surface area (TPSA) is 94.3 Å². The van der Waals surface area contributed by atoms with Gasteiger partial charge in [0.2, 0.25) is 5.88 Å². The van der Waals surface area contributed by atoms with Crippen molar-refractivity contribution in [2.45, 2.75) is 17.7 Å². The van der Waals surface area contributed by atoms with E-state index in [0.29, 0.717) is 24.7 Å². The average molecular weight is 313 g/mol. The third-order valence-electron chi connectivity index (χ3n) is 2.41. The van der Waals surface area contributed by atoms with Crippen LogP contribution in [0.1, 0.15) is 12.5 Å². The molecule has 8 heteroatoms. The van der Waals surface area contributed by atoms with Crippen LogP contribution in [0.3, 0.4) is 0 Å². The minimum absolute atomic E-state index is 0.229. The molecule has 0 atom stereocenters. The van der Waals surface area contributed by atoms with Gasteiger partial charge in [0.25, 0.3) is 10.0 Å². The molecule has 2 rings (SSSR count). The number of pyridine rings is 1. The Morgan fingerprint density at radius 1 is 1.45 bits per heavy atom. The van der Waals surface area contributed by atoms with Gasteiger partial charge in [-0.15, -0.1) is 11.3 Å². The number of hydrogen-bond acceptors (Lipinski definition) is 6. The molecule has 2 aromatic rings. The van der Waals surface area contributed by atoms with Crippen molar-refractivity contribution in [3.8, 4) is 5.88 Å². The van der Waals surface area contributed by atoms with Crippen molar-refractivity contribution in [1.29, 1.82) is 0 Å². The Hall–Kier alpha value is -1.64. The monoisotopic (exact) mass is 313 g/mol. The quantitative estimate of drug-likeness (QED) is 0.848. The van der Waals surface area contributed by atoms with Crippen LogP contribution in [0.2, 0.25) is 0 Å². The second-order valence-electron chi connectivity index (χ2n) is 3.90. The molecule has 0 aliphatic heterocycles. The summed E-state index contributed by atoms with van der Waals surface area (Å²) in [5.41, 5.74) is 6.65. The minimum Gasteiger partial charge on any atom is -0.478 e. The molecular formula is C12H15N3O3S2. The Labute approximate surface area is 121 Å². The highest BCUT2D eigenvalue weighted by Gasteiger charge is 2.16. The van der Waals surface area contributed by atoms with Crippen LogP contribution in [0.5, 0.6) is 5.88 Å². The SMILES string of the molecule is CCOc1ccc(NS(=O)(=O)c2cc(CN)cs2)cn1. The van der Waals surface area contributed by atoms with Crippen LogP contribution in [-0.2, 0) is 16.6 Å². The molecule has 0 unspecified atom stereocenters. The first-order valence-corrected chi connectivity index (χ1v) is 8.30. The van der Waals surface area contributed by atoms with Gasteiger partial charge in [0.05, 0.1) is 18.5 Å². The Kier molecular flexibility index (Phi) is 4.58. The lowest BCUT2D eigenvalue weighted by atomic mass is 10.4. The van der Waals surface area contributed by atoms with Crippen LogP contribution >= 0.6 is 11.3 Å². The first-order valence-electron chi connectivity index (χ1n) is 5.94. The Bertz CT molecular complexity index is 666. The number of nitrogens with zero attached hydrogens (tertiary/aromatic N) is 1. The lowest BCUT2D eigenvalue weighted by molar-refractivity contribution is 0.327. The molecule has 0 saturated carbocycles. The smallest absolute Gasteiger partial charge is 0.271 e. The van der Waals surface area contributed by atoms with Crippen molar-refractivity contribution in [2.24, 2.45) is 5.73 Å². The van der Waals surface area contributed by atoms with Crippen molar-refractivity contribution < 1.29 is 13.2 Å². The molecular weight excluding hydrogens is 298 g/mol. The number of nitrogens with two attached hydrogens (primary N) is 1. The van der Waals surface area contributed by atoms with E-state index in [1.54, 1.807) is 23.6 Å². The average Bonchev–Trinajstić information content (AvgIpc) is 2.91. The zero-order chi connectivity index (χ0) is 14.6. The summed E-state index contributed by atoms with van der Waals surface area (Å²) in [6.45, 7) is 2.68. The van der Waals surface area contributed by atoms with Crippen molar-refractivity contribution in [2.75, 3.05) is 11.3 Å². The summed E-state index contributed by atoms with van der Waals surface area (Å²) in [4.78, 5) is 4.00. The molecule has 0 aliphatic rings. The molecule has 3 N–H and O–H groups in total. The van der Waals surface area contributed by atoms with Crippen LogP contribution in [-0.4, -0.2) is 20.0 Å². The maximum atomic E-state index is 12.1. The number of nitrogens with one attached hydrogen (secondary N) is 1. The molecule has 0 aliphatic carbocycles. The lowest BCUT2D eigenvalue weighted by Crippen LogP contribution is -2.11. The predicted molar refractivity (Wildman–Crippen MR) is 78.4 cm³/mol. The highest BCUT2D eigenvalue weighted by Crippen LogP contribution is 2.23. The van der Waals surface area contributed by atoms with Crippen molar-refractivity contribution >= 4 is 27.0 Å². The predicted octanol–water partition coefficient (Wildman–Crippen LogP) is 1.80. The maximum Gasteiger partial charge on any atom is 0.271 e. The summed E-state index contributed by atoms with van der Waals surface area (Å²) in [5.74, 6) is 0.456. The number of ether oxygens (including phenoxy) is 1. The molecule has 0 spiro atoms. The lowest BCUT2D eigenvalue weighted by Gasteiger charge is -2.07. The van der Waals surface area contributed by atoms with E-state index in [1.165, 1.54) is 6.20 Å². The second kappa shape index (κ2) is 6.21. The first kappa shape index (κ1) is 14.8. The van der Waals surface area contributed by atoms with Gasteiger partial charge in [-0.3, -0.25) is 4.72 Å². The van der Waals surface area contributed by atoms with Gasteiger partial charge in [0, 0.05) is 12.6 Å². The maximum absolute atomic E-state index is 12.1. The van der Waals surface area contributed by atoms with Crippen molar-refractivity contribution in [1.82, 2.24) is 4.98 Å². The largest absolute Gasteiger partial charge is 0.478 e. The number of anilines is 1. The molecule has 6 nitrogen and oxygen atoms in total. The summed E-state index contributed by atoms with van der Waals surface area (Å²) in [5, 5.41) is 1.73. The molecule has 108 valence electrons. The van der Waals surface area contributed by atoms with E-state index in [1.807, 2.05) is 6.92 Å². The van der Waals surface area contributed by atoms with E-state index < -0.39 is 10.0 Å². The van der Waals surface area contributed by atoms with Crippen LogP contribution in [0.25, 0.3) is 0 Å². The summed E-state index contributed by atoms with van der Waals surface area (Å²) >= 11 is 1.14. The fourth-order valence-electron chi connectivity index (χ4n) is 1.48. The zero-order valence-corrected chi connectivity index (χ0v) is 12.5. The van der Waals surface area contributed by atoms with E-state index in [0.717, 1.165) is 16.9 Å². The Balaban J connectivity index is 2.15. The van der Waals surface area contributed by atoms with Gasteiger partial charge in [-0.25, -0.2) is 13.4 Å². The molecule has 0 amide bonds. The van der Waals surface area contributed by atoms with Crippen LogP contribution < -0.4 is 15.2 Å². The zero-order valence-electron chi connectivity index (χ0n) is 10.9. The van der Waals surface area contributed by atoms with Gasteiger partial charge < -0.3 is 10.5 Å². The summed E-state index contributed by atoms with van der Waals surface area (Å²) in [6.07, 6.45) is 1.42. The molecule has 20 heavy (non-hydrogen) atoms. The fourth-order valence-corrected chi connectivity index (χ4v) is 3.75. The van der Waals surface area contributed by atoms with Gasteiger partial charge >= 0.3 is 0 Å². The summed E-state index contributed by atoms with van der Waals surface area (Å²) < 4.78 is 32.2. The molecule has 0 bridgehead atoms. The molecule has 0 aromatic carbocycles. The normalized spacial score (nSPS) is 11.3. The molecule has 2 aromatic heterocycles. The van der Waals surface area contributed by atoms with E-state index >= 15 is 0 Å². The highest BCUT2D eigenvalue weighted by molar-refractivity contribution is 7.94. The van der Waals surface area contributed by atoms with Crippen LogP contribution in [0.4, 0.5) is 5.69 Å². The molecule has 0 saturated heterocycles. The van der Waals surface area contributed by atoms with Crippen molar-refractivity contribution in [3.63, 3.8) is 0 Å². The molecule has 2 heterocycles. The van der Waals surface area contributed by atoms with E-state index in [9.17, 15) is 8.42 Å². The minimum atomic E-state index is -3.60. The number of sulfonamides is 1. The number of rotatable bonds is 6. The van der Waals surface area contributed by atoms with Crippen molar-refractivity contribution in [3.05, 3.63) is 35.3 Å². The highest BCUT2D eigenvalue weighted by atomic mass is 32.2. The third kappa shape index (κ3) is 3.47. The van der Waals surface area contributed by atoms with Gasteiger partial charge in [-0.1, -0.05) is 0 Å². The Morgan fingerprint density at radius 3 is 2.80 bits per heavy atom. The van der Waals surface area contributed by atoms with E-state index in [-0.39, 0.29) is 4.21 Å². The van der Waals surface area contributed by atoms with Gasteiger partial charge in [0.1, 0.15) is 4.21 Å². The fraction of sp³-hybridized carbons (Fsp3) is 0.250. The second-order valence-corrected chi connectivity index (χ2v) is 6.72. The third-order valence-corrected chi connectivity index (χ3v) is 5.28. The van der Waals surface area contributed by atoms with Crippen LogP contribution in [0, 0.1) is 0 Å². The first-order chi connectivity index (χ1) is 9.55. The molecule has 0 fully saturated rings. The number of aromatic nitrogens is 1. The van der Waals surface area contributed by atoms with Gasteiger partial charge in [-0.05, 0) is 30.0 Å². The van der Waals surface area contributed by atoms with Gasteiger partial charge in [0.15, 0.2) is 0 Å². The van der Waals surface area contributed by atoms with E-state index in [4.69, 9.17) is 10.5 Å². The summed E-state index contributed by atoms with van der Waals surface area (Å²) in [6, 6.07) is 4.78.